The fourth-order valence-electron chi connectivity index (χ4n) is 5.52. The van der Waals surface area contributed by atoms with Crippen molar-refractivity contribution in [3.8, 4) is 11.3 Å². The second kappa shape index (κ2) is 23.9. The molecule has 0 fully saturated rings. The first-order chi connectivity index (χ1) is 27.5. The highest BCUT2D eigenvalue weighted by molar-refractivity contribution is 5.99. The topological polar surface area (TPSA) is 257 Å². The van der Waals surface area contributed by atoms with Gasteiger partial charge in [-0.2, -0.15) is 10.1 Å². The Bertz CT molecular complexity index is 1880. The fourth-order valence-corrected chi connectivity index (χ4v) is 5.52. The molecule has 56 heavy (non-hydrogen) atoms. The van der Waals surface area contributed by atoms with Crippen molar-refractivity contribution < 1.29 is 42.7 Å². The highest BCUT2D eigenvalue weighted by atomic mass is 16.6. The average Bonchev–Trinajstić information content (AvgIpc) is 3.93. The van der Waals surface area contributed by atoms with Crippen LogP contribution in [0.5, 0.6) is 0 Å². The highest BCUT2D eigenvalue weighted by Crippen LogP contribution is 2.32. The van der Waals surface area contributed by atoms with Gasteiger partial charge in [-0.1, -0.05) is 5.21 Å². The van der Waals surface area contributed by atoms with Crippen molar-refractivity contribution >= 4 is 39.9 Å². The molecule has 0 atom stereocenters. The van der Waals surface area contributed by atoms with Crippen LogP contribution < -0.4 is 16.8 Å². The van der Waals surface area contributed by atoms with Crippen molar-refractivity contribution in [1.29, 1.82) is 0 Å². The zero-order valence-corrected chi connectivity index (χ0v) is 31.7. The Morgan fingerprint density at radius 3 is 2.18 bits per heavy atom. The first-order valence-corrected chi connectivity index (χ1v) is 18.9. The first kappa shape index (κ1) is 42.3. The Morgan fingerprint density at radius 2 is 1.48 bits per heavy atom. The minimum absolute atomic E-state index is 0.0412. The number of carbonyl (C=O) groups excluding carboxylic acids is 1. The fraction of sp³-hybridized carbons (Fsp3) is 0.583. The number of aromatic nitrogens is 8. The van der Waals surface area contributed by atoms with E-state index in [2.05, 4.69) is 30.6 Å². The molecule has 0 saturated carbocycles. The van der Waals surface area contributed by atoms with Gasteiger partial charge in [0.1, 0.15) is 29.0 Å². The van der Waals surface area contributed by atoms with Gasteiger partial charge in [0.25, 0.3) is 6.01 Å². The Morgan fingerprint density at radius 1 is 0.804 bits per heavy atom. The van der Waals surface area contributed by atoms with E-state index in [0.717, 1.165) is 31.2 Å². The molecule has 1 aromatic carbocycles. The summed E-state index contributed by atoms with van der Waals surface area (Å²) >= 11 is 0. The maximum atomic E-state index is 12.3. The van der Waals surface area contributed by atoms with E-state index in [9.17, 15) is 4.79 Å². The predicted octanol–water partition coefficient (Wildman–Crippen LogP) is 1.75. The molecule has 0 saturated heterocycles. The second-order valence-electron chi connectivity index (χ2n) is 12.6. The summed E-state index contributed by atoms with van der Waals surface area (Å²) in [5, 5.41) is 25.1. The van der Waals surface area contributed by atoms with Crippen LogP contribution >= 0.6 is 0 Å². The summed E-state index contributed by atoms with van der Waals surface area (Å²) in [7, 11) is 0. The predicted molar refractivity (Wildman–Crippen MR) is 204 cm³/mol. The van der Waals surface area contributed by atoms with Crippen LogP contribution in [0.3, 0.4) is 0 Å². The number of anilines is 2. The van der Waals surface area contributed by atoms with E-state index in [1.54, 1.807) is 16.9 Å². The Kier molecular flexibility index (Phi) is 18.1. The third kappa shape index (κ3) is 14.0. The molecule has 0 aliphatic rings. The Balaban J connectivity index is 0.783. The molecule has 4 aromatic heterocycles. The van der Waals surface area contributed by atoms with Crippen LogP contribution in [0.2, 0.25) is 0 Å². The van der Waals surface area contributed by atoms with Crippen LogP contribution in [-0.2, 0) is 52.9 Å². The van der Waals surface area contributed by atoms with Crippen LogP contribution in [0, 0.1) is 0 Å². The van der Waals surface area contributed by atoms with E-state index >= 15 is 0 Å². The van der Waals surface area contributed by atoms with Gasteiger partial charge in [0, 0.05) is 38.3 Å². The van der Waals surface area contributed by atoms with E-state index in [-0.39, 0.29) is 18.5 Å². The zero-order chi connectivity index (χ0) is 39.2. The summed E-state index contributed by atoms with van der Waals surface area (Å²) in [4.78, 5) is 25.1. The maximum Gasteiger partial charge on any atom is 0.292 e. The third-order valence-electron chi connectivity index (χ3n) is 8.36. The van der Waals surface area contributed by atoms with Gasteiger partial charge in [-0.05, 0) is 43.9 Å². The number of unbranched alkanes of at least 4 members (excludes halogenated alkanes) is 2. The monoisotopic (exact) mass is 783 g/mol. The molecule has 4 heterocycles. The largest absolute Gasteiger partial charge is 0.424 e. The summed E-state index contributed by atoms with van der Waals surface area (Å²) in [6.45, 7) is 7.57. The molecule has 5 aromatic rings. The zero-order valence-electron chi connectivity index (χ0n) is 31.7. The summed E-state index contributed by atoms with van der Waals surface area (Å²) in [5.41, 5.74) is 15.8. The van der Waals surface area contributed by atoms with Crippen LogP contribution in [0.4, 0.5) is 11.8 Å². The molecule has 306 valence electrons. The maximum absolute atomic E-state index is 12.3. The first-order valence-electron chi connectivity index (χ1n) is 18.9. The number of ether oxygens (including phenoxy) is 6. The van der Waals surface area contributed by atoms with Gasteiger partial charge in [0.15, 0.2) is 11.2 Å². The van der Waals surface area contributed by atoms with Crippen LogP contribution in [0.25, 0.3) is 33.4 Å². The smallest absolute Gasteiger partial charge is 0.292 e. The van der Waals surface area contributed by atoms with Crippen LogP contribution in [-0.4, -0.2) is 137 Å². The van der Waals surface area contributed by atoms with Crippen molar-refractivity contribution in [3.05, 3.63) is 36.4 Å². The van der Waals surface area contributed by atoms with Gasteiger partial charge in [0.2, 0.25) is 5.91 Å². The van der Waals surface area contributed by atoms with Crippen LogP contribution in [0.1, 0.15) is 37.8 Å². The molecule has 0 unspecified atom stereocenters. The number of hydrogen-bond donors (Lipinski definition) is 4. The Labute approximate surface area is 324 Å². The van der Waals surface area contributed by atoms with Gasteiger partial charge in [-0.3, -0.25) is 4.79 Å². The number of nitrogens with one attached hydrogen (secondary N) is 1. The molecule has 20 heteroatoms. The van der Waals surface area contributed by atoms with Gasteiger partial charge in [0.05, 0.1) is 90.8 Å². The number of aryl methyl sites for hydroxylation is 1. The molecule has 0 aliphatic carbocycles. The lowest BCUT2D eigenvalue weighted by molar-refractivity contribution is -0.122. The van der Waals surface area contributed by atoms with Crippen molar-refractivity contribution in [1.82, 2.24) is 45.0 Å². The number of nitrogens with zero attached hydrogens (tertiary/aromatic N) is 8. The summed E-state index contributed by atoms with van der Waals surface area (Å²) < 4.78 is 42.0. The van der Waals surface area contributed by atoms with Crippen molar-refractivity contribution in [2.24, 2.45) is 0 Å². The number of benzene rings is 1. The third-order valence-corrected chi connectivity index (χ3v) is 8.36. The molecule has 20 nitrogen and oxygen atoms in total. The summed E-state index contributed by atoms with van der Waals surface area (Å²) in [6, 6.07) is 5.62. The minimum Gasteiger partial charge on any atom is -0.424 e. The van der Waals surface area contributed by atoms with E-state index in [1.807, 2.05) is 16.8 Å². The van der Waals surface area contributed by atoms with Gasteiger partial charge < -0.3 is 54.7 Å². The van der Waals surface area contributed by atoms with Crippen LogP contribution in [0.15, 0.2) is 35.1 Å². The number of amides is 1. The number of aliphatic hydroxyl groups is 1. The molecular formula is C36H53N11O9. The minimum atomic E-state index is -0.124. The van der Waals surface area contributed by atoms with E-state index in [1.165, 1.54) is 6.33 Å². The molecular weight excluding hydrogens is 730 g/mol. The molecule has 0 spiro atoms. The number of rotatable bonds is 30. The number of fused-ring (bicyclic) bond motifs is 2. The number of oxazole rings is 1. The van der Waals surface area contributed by atoms with Gasteiger partial charge in [-0.15, -0.1) is 5.10 Å². The standard InChI is InChI=1S/C36H53N11O9/c37-34-32-33(27-5-6-30-29(23-27)42-36(38)56-30)44-47(35(32)41-26-40-34)9-2-1-8-39-31(49)7-13-50-11-3-4-12-51-15-17-53-19-21-55-22-20-54-18-16-52-14-10-46-24-28(25-48)43-45-46/h5-6,23-24,26,48H,1-4,7-22,25H2,(H2,38,42)(H,39,49)(H2,37,40,41). The van der Waals surface area contributed by atoms with Crippen molar-refractivity contribution in [2.75, 3.05) is 97.3 Å². The Hall–Kier alpha value is -4.83. The van der Waals surface area contributed by atoms with E-state index in [0.29, 0.717) is 145 Å². The number of aliphatic hydroxyl groups excluding tert-OH is 1. The number of hydrogen-bond acceptors (Lipinski definition) is 17. The van der Waals surface area contributed by atoms with E-state index in [4.69, 9.17) is 54.5 Å². The van der Waals surface area contributed by atoms with Crippen molar-refractivity contribution in [3.63, 3.8) is 0 Å². The number of carbonyl (C=O) groups is 1. The summed E-state index contributed by atoms with van der Waals surface area (Å²) in [6.07, 6.45) is 6.68. The molecule has 6 N–H and O–H groups in total. The number of nitrogen functional groups attached to an aromatic ring is 2. The lowest BCUT2D eigenvalue weighted by Crippen LogP contribution is -2.25. The second-order valence-corrected chi connectivity index (χ2v) is 12.6. The molecule has 5 rings (SSSR count). The van der Waals surface area contributed by atoms with Crippen molar-refractivity contribution in [2.45, 2.75) is 51.8 Å². The molecule has 0 bridgehead atoms. The normalized spacial score (nSPS) is 11.7. The highest BCUT2D eigenvalue weighted by Gasteiger charge is 2.18. The lowest BCUT2D eigenvalue weighted by atomic mass is 10.1. The number of nitrogens with two attached hydrogens (primary N) is 2. The van der Waals surface area contributed by atoms with Gasteiger partial charge in [-0.25, -0.2) is 19.3 Å². The summed E-state index contributed by atoms with van der Waals surface area (Å²) in [5.74, 6) is 0.300. The van der Waals surface area contributed by atoms with E-state index < -0.39 is 0 Å². The average molecular weight is 784 g/mol. The molecule has 0 aliphatic heterocycles. The lowest BCUT2D eigenvalue weighted by Gasteiger charge is -2.08. The molecule has 0 radical (unpaired) electrons. The SMILES string of the molecule is Nc1nc2cc(-c3nn(CCCCNC(=O)CCOCCCCOCCOCCOCCOCCOCCn4cc(CO)nn4)c4ncnc(N)c34)ccc2o1. The quantitative estimate of drug-likeness (QED) is 0.0484. The molecule has 1 amide bonds. The van der Waals surface area contributed by atoms with Gasteiger partial charge >= 0.3 is 0 Å².